The van der Waals surface area contributed by atoms with Gasteiger partial charge in [-0.2, -0.15) is 0 Å². The number of hydrogen-bond donors (Lipinski definition) is 3. The Morgan fingerprint density at radius 2 is 1.92 bits per heavy atom. The lowest BCUT2D eigenvalue weighted by Crippen LogP contribution is -2.58. The van der Waals surface area contributed by atoms with E-state index in [2.05, 4.69) is 32.8 Å². The van der Waals surface area contributed by atoms with Gasteiger partial charge in [0.2, 0.25) is 5.91 Å². The molecule has 0 bridgehead atoms. The van der Waals surface area contributed by atoms with Gasteiger partial charge in [0.1, 0.15) is 17.5 Å². The first kappa shape index (κ1) is 27.6. The Kier molecular flexibility index (Phi) is 8.81. The van der Waals surface area contributed by atoms with Crippen molar-refractivity contribution in [1.29, 1.82) is 0 Å². The van der Waals surface area contributed by atoms with E-state index >= 15 is 0 Å². The number of nitrogens with one attached hydrogen (secondary N) is 2. The molecule has 3 saturated heterocycles. The van der Waals surface area contributed by atoms with E-state index in [0.29, 0.717) is 30.0 Å². The molecule has 5 rings (SSSR count). The van der Waals surface area contributed by atoms with Crippen molar-refractivity contribution in [3.63, 3.8) is 0 Å². The predicted molar refractivity (Wildman–Crippen MR) is 143 cm³/mol. The molecule has 39 heavy (non-hydrogen) atoms. The van der Waals surface area contributed by atoms with Crippen LogP contribution in [0.4, 0.5) is 10.5 Å². The van der Waals surface area contributed by atoms with Crippen molar-refractivity contribution in [2.75, 3.05) is 38.2 Å². The number of aliphatic hydroxyl groups is 1. The topological polar surface area (TPSA) is 129 Å². The molecule has 0 saturated carbocycles. The summed E-state index contributed by atoms with van der Waals surface area (Å²) < 4.78 is 17.2. The molecule has 3 fully saturated rings. The quantitative estimate of drug-likeness (QED) is 0.508. The zero-order chi connectivity index (χ0) is 27.4. The van der Waals surface area contributed by atoms with Crippen molar-refractivity contribution >= 4 is 17.6 Å². The van der Waals surface area contributed by atoms with Crippen molar-refractivity contribution in [2.45, 2.75) is 76.5 Å². The van der Waals surface area contributed by atoms with E-state index in [9.17, 15) is 14.7 Å². The Morgan fingerprint density at radius 3 is 2.69 bits per heavy atom. The number of ether oxygens (including phenoxy) is 2. The molecule has 0 spiro atoms. The van der Waals surface area contributed by atoms with E-state index < -0.39 is 12.2 Å². The third kappa shape index (κ3) is 6.96. The van der Waals surface area contributed by atoms with Crippen molar-refractivity contribution in [2.24, 2.45) is 0 Å². The average molecular weight is 542 g/mol. The molecule has 3 N–H and O–H groups in total. The van der Waals surface area contributed by atoms with E-state index in [-0.39, 0.29) is 56.3 Å². The summed E-state index contributed by atoms with van der Waals surface area (Å²) in [6.45, 7) is 6.64. The highest BCUT2D eigenvalue weighted by atomic mass is 16.5. The standard InChI is InChI=1S/C28H39N5O6/c1-18-27(19(2)39-31-18)30-28(36)33-15-22(34)16-37-17-25-24(33)9-8-23(38-25)12-26(35)29-21-10-11-32(14-21)13-20-6-4-3-5-7-20/h3-7,21-25,34H,8-17H2,1-2H3,(H,29,35)(H,30,36)/t21-,22+,23-,24+,25-/m0/s1. The molecule has 1 aromatic heterocycles. The summed E-state index contributed by atoms with van der Waals surface area (Å²) in [4.78, 5) is 30.2. The van der Waals surface area contributed by atoms with Gasteiger partial charge in [-0.1, -0.05) is 35.5 Å². The van der Waals surface area contributed by atoms with Crippen LogP contribution in [0.25, 0.3) is 0 Å². The van der Waals surface area contributed by atoms with Gasteiger partial charge in [0.25, 0.3) is 0 Å². The van der Waals surface area contributed by atoms with Crippen molar-refractivity contribution in [3.05, 3.63) is 47.3 Å². The largest absolute Gasteiger partial charge is 0.389 e. The van der Waals surface area contributed by atoms with Crippen LogP contribution in [0, 0.1) is 13.8 Å². The van der Waals surface area contributed by atoms with Crippen LogP contribution in [0.2, 0.25) is 0 Å². The third-order valence-electron chi connectivity index (χ3n) is 7.81. The molecule has 11 nitrogen and oxygen atoms in total. The molecule has 0 unspecified atom stereocenters. The van der Waals surface area contributed by atoms with Crippen molar-refractivity contribution in [3.8, 4) is 0 Å². The normalized spacial score (nSPS) is 27.9. The number of anilines is 1. The molecule has 3 aliphatic rings. The number of hydrogen-bond acceptors (Lipinski definition) is 8. The molecular formula is C28H39N5O6. The highest BCUT2D eigenvalue weighted by molar-refractivity contribution is 5.90. The molecule has 3 amide bonds. The molecular weight excluding hydrogens is 502 g/mol. The maximum atomic E-state index is 13.3. The lowest BCUT2D eigenvalue weighted by atomic mass is 9.95. The average Bonchev–Trinajstić information content (AvgIpc) is 3.47. The van der Waals surface area contributed by atoms with Crippen LogP contribution in [-0.4, -0.2) is 95.2 Å². The number of urea groups is 1. The van der Waals surface area contributed by atoms with Crippen LogP contribution >= 0.6 is 0 Å². The second kappa shape index (κ2) is 12.5. The van der Waals surface area contributed by atoms with Crippen LogP contribution < -0.4 is 10.6 Å². The summed E-state index contributed by atoms with van der Waals surface area (Å²) in [5.74, 6) is 0.505. The van der Waals surface area contributed by atoms with Crippen LogP contribution in [0.1, 0.15) is 42.7 Å². The maximum Gasteiger partial charge on any atom is 0.322 e. The predicted octanol–water partition coefficient (Wildman–Crippen LogP) is 2.21. The maximum absolute atomic E-state index is 13.3. The third-order valence-corrected chi connectivity index (χ3v) is 7.81. The van der Waals surface area contributed by atoms with Gasteiger partial charge in [-0.3, -0.25) is 9.69 Å². The minimum Gasteiger partial charge on any atom is -0.389 e. The first-order valence-electron chi connectivity index (χ1n) is 13.8. The number of rotatable bonds is 6. The first-order valence-corrected chi connectivity index (χ1v) is 13.8. The van der Waals surface area contributed by atoms with Gasteiger partial charge >= 0.3 is 6.03 Å². The fourth-order valence-corrected chi connectivity index (χ4v) is 5.84. The van der Waals surface area contributed by atoms with Gasteiger partial charge in [-0.15, -0.1) is 0 Å². The number of β-amino-alcohol motifs (C(OH)–C–C–N with tert-alkyl or cyclic N) is 1. The fraction of sp³-hybridized carbons (Fsp3) is 0.607. The van der Waals surface area contributed by atoms with E-state index in [0.717, 1.165) is 26.1 Å². The summed E-state index contributed by atoms with van der Waals surface area (Å²) in [5, 5.41) is 20.4. The highest BCUT2D eigenvalue weighted by Gasteiger charge is 2.40. The molecule has 3 aliphatic heterocycles. The molecule has 1 aromatic carbocycles. The lowest BCUT2D eigenvalue weighted by molar-refractivity contribution is -0.150. The van der Waals surface area contributed by atoms with Crippen molar-refractivity contribution in [1.82, 2.24) is 20.3 Å². The summed E-state index contributed by atoms with van der Waals surface area (Å²) >= 11 is 0. The molecule has 212 valence electrons. The monoisotopic (exact) mass is 541 g/mol. The van der Waals surface area contributed by atoms with E-state index in [1.54, 1.807) is 18.7 Å². The molecule has 5 atom stereocenters. The minimum absolute atomic E-state index is 0.0137. The van der Waals surface area contributed by atoms with Gasteiger partial charge in [-0.05, 0) is 38.7 Å². The Labute approximate surface area is 228 Å². The highest BCUT2D eigenvalue weighted by Crippen LogP contribution is 2.29. The zero-order valence-electron chi connectivity index (χ0n) is 22.7. The van der Waals surface area contributed by atoms with E-state index in [4.69, 9.17) is 14.0 Å². The number of carbonyl (C=O) groups excluding carboxylic acids is 2. The molecule has 0 radical (unpaired) electrons. The molecule has 4 heterocycles. The number of aromatic nitrogens is 1. The van der Waals surface area contributed by atoms with Gasteiger partial charge in [0.05, 0.1) is 44.4 Å². The number of fused-ring (bicyclic) bond motifs is 1. The minimum atomic E-state index is -0.808. The Balaban J connectivity index is 1.14. The number of amides is 3. The SMILES string of the molecule is Cc1noc(C)c1NC(=O)N1C[C@@H](O)COC[C@@H]2O[C@H](CC(=O)N[C@H]3CCN(Cc4ccccc4)C3)CC[C@H]21. The van der Waals surface area contributed by atoms with Crippen LogP contribution in [0.3, 0.4) is 0 Å². The van der Waals surface area contributed by atoms with Gasteiger partial charge < -0.3 is 34.6 Å². The van der Waals surface area contributed by atoms with Crippen molar-refractivity contribution < 1.29 is 28.7 Å². The van der Waals surface area contributed by atoms with Crippen LogP contribution in [0.15, 0.2) is 34.9 Å². The van der Waals surface area contributed by atoms with Crippen LogP contribution in [-0.2, 0) is 20.8 Å². The Morgan fingerprint density at radius 1 is 1.10 bits per heavy atom. The fourth-order valence-electron chi connectivity index (χ4n) is 5.84. The van der Waals surface area contributed by atoms with E-state index in [1.807, 2.05) is 18.2 Å². The zero-order valence-corrected chi connectivity index (χ0v) is 22.7. The van der Waals surface area contributed by atoms with Crippen LogP contribution in [0.5, 0.6) is 0 Å². The van der Waals surface area contributed by atoms with Gasteiger partial charge in [0, 0.05) is 25.7 Å². The summed E-state index contributed by atoms with van der Waals surface area (Å²) in [5.41, 5.74) is 2.40. The smallest absolute Gasteiger partial charge is 0.322 e. The Bertz CT molecular complexity index is 1110. The summed E-state index contributed by atoms with van der Waals surface area (Å²) in [7, 11) is 0. The first-order chi connectivity index (χ1) is 18.9. The van der Waals surface area contributed by atoms with E-state index in [1.165, 1.54) is 5.56 Å². The number of benzene rings is 1. The summed E-state index contributed by atoms with van der Waals surface area (Å²) in [6, 6.07) is 9.86. The number of nitrogens with zero attached hydrogens (tertiary/aromatic N) is 3. The number of likely N-dealkylation sites (tertiary alicyclic amines) is 1. The summed E-state index contributed by atoms with van der Waals surface area (Å²) in [6.07, 6.45) is 1.01. The molecule has 2 aromatic rings. The second-order valence-corrected chi connectivity index (χ2v) is 10.9. The number of carbonyl (C=O) groups is 2. The van der Waals surface area contributed by atoms with Gasteiger partial charge in [-0.25, -0.2) is 4.79 Å². The number of aryl methyl sites for hydroxylation is 2. The second-order valence-electron chi connectivity index (χ2n) is 10.9. The number of aliphatic hydroxyl groups excluding tert-OH is 1. The lowest BCUT2D eigenvalue weighted by Gasteiger charge is -2.44. The molecule has 11 heteroatoms. The molecule has 0 aliphatic carbocycles. The van der Waals surface area contributed by atoms with Gasteiger partial charge in [0.15, 0.2) is 5.76 Å². The Hall–Kier alpha value is -2.99.